The Hall–Kier alpha value is -1.95. The first-order chi connectivity index (χ1) is 9.00. The van der Waals surface area contributed by atoms with Crippen molar-refractivity contribution >= 4 is 11.9 Å². The van der Waals surface area contributed by atoms with Gasteiger partial charge in [-0.1, -0.05) is 0 Å². The molecule has 2 rings (SSSR count). The molecule has 0 aliphatic carbocycles. The quantitative estimate of drug-likeness (QED) is 0.863. The van der Waals surface area contributed by atoms with Gasteiger partial charge >= 0.3 is 5.97 Å². The summed E-state index contributed by atoms with van der Waals surface area (Å²) in [4.78, 5) is 28.6. The first-order valence-electron chi connectivity index (χ1n) is 6.10. The number of carbonyl (C=O) groups is 2. The molecule has 0 aromatic carbocycles. The van der Waals surface area contributed by atoms with Crippen molar-refractivity contribution in [2.75, 3.05) is 13.2 Å². The van der Waals surface area contributed by atoms with Gasteiger partial charge in [0.05, 0.1) is 30.9 Å². The zero-order valence-electron chi connectivity index (χ0n) is 10.9. The van der Waals surface area contributed by atoms with Crippen molar-refractivity contribution in [3.63, 3.8) is 0 Å². The summed E-state index contributed by atoms with van der Waals surface area (Å²) in [5, 5.41) is 8.77. The number of aromatic carboxylic acids is 1. The van der Waals surface area contributed by atoms with Gasteiger partial charge < -0.3 is 14.7 Å². The van der Waals surface area contributed by atoms with Crippen LogP contribution in [0.4, 0.5) is 0 Å². The molecule has 0 radical (unpaired) electrons. The second kappa shape index (κ2) is 5.36. The van der Waals surface area contributed by atoms with Crippen LogP contribution in [0.25, 0.3) is 0 Å². The monoisotopic (exact) mass is 264 g/mol. The van der Waals surface area contributed by atoms with Gasteiger partial charge in [-0.3, -0.25) is 4.79 Å². The number of rotatable bonds is 2. The Morgan fingerprint density at radius 2 is 1.95 bits per heavy atom. The van der Waals surface area contributed by atoms with Crippen LogP contribution in [0.5, 0.6) is 0 Å². The van der Waals surface area contributed by atoms with Gasteiger partial charge in [0.1, 0.15) is 5.69 Å². The maximum Gasteiger partial charge on any atom is 0.354 e. The zero-order chi connectivity index (χ0) is 14.0. The van der Waals surface area contributed by atoms with Crippen LogP contribution in [0.2, 0.25) is 0 Å². The van der Waals surface area contributed by atoms with Crippen molar-refractivity contribution in [3.05, 3.63) is 29.6 Å². The Balaban J connectivity index is 2.20. The number of nitrogens with zero attached hydrogens (tertiary/aromatic N) is 2. The Kier molecular flexibility index (Phi) is 3.80. The highest BCUT2D eigenvalue weighted by atomic mass is 16.5. The van der Waals surface area contributed by atoms with Crippen LogP contribution < -0.4 is 0 Å². The SMILES string of the molecule is C[C@@H]1COC[C@H](C)N1C(=O)c1ccc(C(=O)O)nc1. The molecule has 6 nitrogen and oxygen atoms in total. The molecule has 0 saturated carbocycles. The van der Waals surface area contributed by atoms with Gasteiger partial charge in [0.2, 0.25) is 0 Å². The summed E-state index contributed by atoms with van der Waals surface area (Å²) in [5.74, 6) is -1.25. The van der Waals surface area contributed by atoms with Crippen LogP contribution in [0.15, 0.2) is 18.3 Å². The zero-order valence-corrected chi connectivity index (χ0v) is 10.9. The molecule has 1 aliphatic heterocycles. The third-order valence-corrected chi connectivity index (χ3v) is 3.13. The largest absolute Gasteiger partial charge is 0.477 e. The highest BCUT2D eigenvalue weighted by Crippen LogP contribution is 2.17. The lowest BCUT2D eigenvalue weighted by atomic mass is 10.1. The van der Waals surface area contributed by atoms with Gasteiger partial charge in [-0.25, -0.2) is 9.78 Å². The summed E-state index contributed by atoms with van der Waals surface area (Å²) in [6.45, 7) is 4.87. The van der Waals surface area contributed by atoms with Crippen LogP contribution in [0.3, 0.4) is 0 Å². The molecule has 0 bridgehead atoms. The minimum absolute atomic E-state index is 0.00426. The third-order valence-electron chi connectivity index (χ3n) is 3.13. The van der Waals surface area contributed by atoms with Crippen LogP contribution >= 0.6 is 0 Å². The molecule has 1 aromatic heterocycles. The molecular weight excluding hydrogens is 248 g/mol. The molecule has 1 aliphatic rings. The Morgan fingerprint density at radius 1 is 1.32 bits per heavy atom. The molecule has 6 heteroatoms. The fourth-order valence-electron chi connectivity index (χ4n) is 2.20. The normalized spacial score (nSPS) is 23.2. The molecule has 0 unspecified atom stereocenters. The molecule has 2 atom stereocenters. The molecular formula is C13H16N2O4. The number of carboxylic acids is 1. The summed E-state index contributed by atoms with van der Waals surface area (Å²) in [6.07, 6.45) is 1.31. The number of pyridine rings is 1. The van der Waals surface area contributed by atoms with Gasteiger partial charge in [0, 0.05) is 6.20 Å². The van der Waals surface area contributed by atoms with Crippen molar-refractivity contribution in [2.24, 2.45) is 0 Å². The van der Waals surface area contributed by atoms with Gasteiger partial charge in [-0.2, -0.15) is 0 Å². The second-order valence-corrected chi connectivity index (χ2v) is 4.69. The molecule has 1 fully saturated rings. The van der Waals surface area contributed by atoms with E-state index in [1.807, 2.05) is 13.8 Å². The molecule has 1 amide bonds. The fraction of sp³-hybridized carbons (Fsp3) is 0.462. The first kappa shape index (κ1) is 13.5. The van der Waals surface area contributed by atoms with Crippen molar-refractivity contribution in [1.82, 2.24) is 9.88 Å². The molecule has 1 N–H and O–H groups in total. The summed E-state index contributed by atoms with van der Waals surface area (Å²) in [5.41, 5.74) is 0.324. The minimum Gasteiger partial charge on any atom is -0.477 e. The average Bonchev–Trinajstić information content (AvgIpc) is 2.38. The van der Waals surface area contributed by atoms with Crippen molar-refractivity contribution in [2.45, 2.75) is 25.9 Å². The summed E-state index contributed by atoms with van der Waals surface area (Å²) >= 11 is 0. The van der Waals surface area contributed by atoms with Crippen LogP contribution in [0.1, 0.15) is 34.7 Å². The summed E-state index contributed by atoms with van der Waals surface area (Å²) in [6, 6.07) is 2.82. The van der Waals surface area contributed by atoms with Gasteiger partial charge in [0.15, 0.2) is 0 Å². The lowest BCUT2D eigenvalue weighted by Crippen LogP contribution is -2.52. The van der Waals surface area contributed by atoms with Gasteiger partial charge in [-0.05, 0) is 26.0 Å². The number of hydrogen-bond acceptors (Lipinski definition) is 4. The predicted octanol–water partition coefficient (Wildman–Crippen LogP) is 1.03. The fourth-order valence-corrected chi connectivity index (χ4v) is 2.20. The van der Waals surface area contributed by atoms with Crippen molar-refractivity contribution < 1.29 is 19.4 Å². The highest BCUT2D eigenvalue weighted by Gasteiger charge is 2.30. The molecule has 1 saturated heterocycles. The first-order valence-corrected chi connectivity index (χ1v) is 6.10. The van der Waals surface area contributed by atoms with Crippen molar-refractivity contribution in [1.29, 1.82) is 0 Å². The number of carboxylic acid groups (broad SMARTS) is 1. The van der Waals surface area contributed by atoms with Crippen LogP contribution in [-0.4, -0.2) is 52.2 Å². The maximum absolute atomic E-state index is 12.4. The van der Waals surface area contributed by atoms with E-state index in [1.165, 1.54) is 18.3 Å². The summed E-state index contributed by atoms with van der Waals surface area (Å²) in [7, 11) is 0. The second-order valence-electron chi connectivity index (χ2n) is 4.69. The lowest BCUT2D eigenvalue weighted by molar-refractivity contribution is -0.0249. The molecule has 2 heterocycles. The Morgan fingerprint density at radius 3 is 2.42 bits per heavy atom. The molecule has 1 aromatic rings. The van der Waals surface area contributed by atoms with Crippen LogP contribution in [0, 0.1) is 0 Å². The molecule has 19 heavy (non-hydrogen) atoms. The van der Waals surface area contributed by atoms with E-state index >= 15 is 0 Å². The van der Waals surface area contributed by atoms with Gasteiger partial charge in [-0.15, -0.1) is 0 Å². The van der Waals surface area contributed by atoms with Crippen molar-refractivity contribution in [3.8, 4) is 0 Å². The topological polar surface area (TPSA) is 79.7 Å². The molecule has 102 valence electrons. The summed E-state index contributed by atoms with van der Waals surface area (Å²) < 4.78 is 5.37. The number of amides is 1. The number of aromatic nitrogens is 1. The third kappa shape index (κ3) is 2.73. The van der Waals surface area contributed by atoms with Crippen LogP contribution in [-0.2, 0) is 4.74 Å². The van der Waals surface area contributed by atoms with E-state index in [0.29, 0.717) is 18.8 Å². The number of hydrogen-bond donors (Lipinski definition) is 1. The number of ether oxygens (including phenoxy) is 1. The standard InChI is InChI=1S/C13H16N2O4/c1-8-6-19-7-9(2)15(8)12(16)10-3-4-11(13(17)18)14-5-10/h3-5,8-9H,6-7H2,1-2H3,(H,17,18)/t8-,9+. The minimum atomic E-state index is -1.10. The Bertz CT molecular complexity index is 476. The van der Waals surface area contributed by atoms with Gasteiger partial charge in [0.25, 0.3) is 5.91 Å². The van der Waals surface area contributed by atoms with E-state index in [4.69, 9.17) is 9.84 Å². The maximum atomic E-state index is 12.4. The number of carbonyl (C=O) groups excluding carboxylic acids is 1. The van der Waals surface area contributed by atoms with E-state index in [2.05, 4.69) is 4.98 Å². The van der Waals surface area contributed by atoms with E-state index in [1.54, 1.807) is 4.90 Å². The van der Waals surface area contributed by atoms with E-state index in [0.717, 1.165) is 0 Å². The van der Waals surface area contributed by atoms with E-state index in [9.17, 15) is 9.59 Å². The Labute approximate surface area is 111 Å². The number of morpholine rings is 1. The highest BCUT2D eigenvalue weighted by molar-refractivity contribution is 5.95. The smallest absolute Gasteiger partial charge is 0.354 e. The van der Waals surface area contributed by atoms with E-state index < -0.39 is 5.97 Å². The average molecular weight is 264 g/mol. The lowest BCUT2D eigenvalue weighted by Gasteiger charge is -2.38. The predicted molar refractivity (Wildman–Crippen MR) is 67.1 cm³/mol. The van der Waals surface area contributed by atoms with E-state index in [-0.39, 0.29) is 23.7 Å². The molecule has 0 spiro atoms.